The monoisotopic (exact) mass is 219 g/mol. The molecule has 15 heavy (non-hydrogen) atoms. The SMILES string of the molecule is CCc1ccnc(C(F)(F)F)c1C(=O)O. The van der Waals surface area contributed by atoms with Gasteiger partial charge in [-0.25, -0.2) is 4.79 Å². The number of nitrogens with zero attached hydrogens (tertiary/aromatic N) is 1. The smallest absolute Gasteiger partial charge is 0.434 e. The number of aromatic nitrogens is 1. The Hall–Kier alpha value is -1.59. The first-order valence-electron chi connectivity index (χ1n) is 4.16. The largest absolute Gasteiger partial charge is 0.478 e. The normalized spacial score (nSPS) is 11.5. The summed E-state index contributed by atoms with van der Waals surface area (Å²) in [6.45, 7) is 1.59. The molecule has 3 nitrogen and oxygen atoms in total. The molecule has 1 heterocycles. The van der Waals surface area contributed by atoms with Crippen molar-refractivity contribution < 1.29 is 23.1 Å². The first kappa shape index (κ1) is 11.5. The molecule has 82 valence electrons. The molecule has 0 spiro atoms. The number of halogens is 3. The van der Waals surface area contributed by atoms with E-state index in [2.05, 4.69) is 4.98 Å². The van der Waals surface area contributed by atoms with Gasteiger partial charge < -0.3 is 5.11 Å². The molecule has 0 aromatic carbocycles. The highest BCUT2D eigenvalue weighted by Crippen LogP contribution is 2.31. The van der Waals surface area contributed by atoms with Gasteiger partial charge in [-0.1, -0.05) is 6.92 Å². The van der Waals surface area contributed by atoms with Crippen molar-refractivity contribution >= 4 is 5.97 Å². The van der Waals surface area contributed by atoms with Gasteiger partial charge in [-0.2, -0.15) is 13.2 Å². The van der Waals surface area contributed by atoms with Crippen molar-refractivity contribution in [2.45, 2.75) is 19.5 Å². The van der Waals surface area contributed by atoms with Crippen molar-refractivity contribution in [2.24, 2.45) is 0 Å². The van der Waals surface area contributed by atoms with Crippen molar-refractivity contribution in [3.05, 3.63) is 29.1 Å². The number of aromatic carboxylic acids is 1. The molecule has 0 saturated carbocycles. The standard InChI is InChI=1S/C9H8F3NO2/c1-2-5-3-4-13-7(9(10,11)12)6(5)8(14)15/h3-4H,2H2,1H3,(H,14,15). The van der Waals surface area contributed by atoms with Gasteiger partial charge in [0, 0.05) is 6.20 Å². The molecule has 0 saturated heterocycles. The highest BCUT2D eigenvalue weighted by Gasteiger charge is 2.38. The number of rotatable bonds is 2. The Kier molecular flexibility index (Phi) is 2.97. The summed E-state index contributed by atoms with van der Waals surface area (Å²) >= 11 is 0. The zero-order valence-electron chi connectivity index (χ0n) is 7.80. The van der Waals surface area contributed by atoms with Crippen LogP contribution in [0.1, 0.15) is 28.5 Å². The summed E-state index contributed by atoms with van der Waals surface area (Å²) < 4.78 is 37.2. The third-order valence-electron chi connectivity index (χ3n) is 1.90. The van der Waals surface area contributed by atoms with Gasteiger partial charge in [-0.3, -0.25) is 4.98 Å². The van der Waals surface area contributed by atoms with E-state index in [1.807, 2.05) is 0 Å². The van der Waals surface area contributed by atoms with Gasteiger partial charge in [-0.15, -0.1) is 0 Å². The van der Waals surface area contributed by atoms with Crippen LogP contribution in [0.2, 0.25) is 0 Å². The Balaban J connectivity index is 3.46. The maximum Gasteiger partial charge on any atom is 0.434 e. The van der Waals surface area contributed by atoms with Gasteiger partial charge in [0.15, 0.2) is 5.69 Å². The predicted molar refractivity (Wildman–Crippen MR) is 45.6 cm³/mol. The van der Waals surface area contributed by atoms with Crippen LogP contribution in [0.15, 0.2) is 12.3 Å². The van der Waals surface area contributed by atoms with E-state index in [1.165, 1.54) is 6.07 Å². The van der Waals surface area contributed by atoms with Crippen LogP contribution < -0.4 is 0 Å². The highest BCUT2D eigenvalue weighted by molar-refractivity contribution is 5.90. The van der Waals surface area contributed by atoms with E-state index in [0.717, 1.165) is 6.20 Å². The summed E-state index contributed by atoms with van der Waals surface area (Å²) in [6, 6.07) is 1.28. The lowest BCUT2D eigenvalue weighted by atomic mass is 10.0. The number of carboxylic acids is 1. The average molecular weight is 219 g/mol. The Labute approximate surface area is 83.6 Å². The lowest BCUT2D eigenvalue weighted by molar-refractivity contribution is -0.141. The fraction of sp³-hybridized carbons (Fsp3) is 0.333. The average Bonchev–Trinajstić information content (AvgIpc) is 2.15. The molecule has 1 rings (SSSR count). The molecule has 0 fully saturated rings. The Morgan fingerprint density at radius 2 is 2.13 bits per heavy atom. The number of carbonyl (C=O) groups is 1. The first-order valence-corrected chi connectivity index (χ1v) is 4.16. The Bertz CT molecular complexity index is 387. The van der Waals surface area contributed by atoms with Gasteiger partial charge in [0.25, 0.3) is 0 Å². The van der Waals surface area contributed by atoms with Crippen LogP contribution in [0.25, 0.3) is 0 Å². The quantitative estimate of drug-likeness (QED) is 0.830. The third-order valence-corrected chi connectivity index (χ3v) is 1.90. The number of alkyl halides is 3. The molecule has 0 aliphatic heterocycles. The lowest BCUT2D eigenvalue weighted by Gasteiger charge is -2.11. The molecule has 0 amide bonds. The minimum absolute atomic E-state index is 0.129. The number of aryl methyl sites for hydroxylation is 1. The van der Waals surface area contributed by atoms with Crippen LogP contribution in [-0.4, -0.2) is 16.1 Å². The minimum atomic E-state index is -4.74. The molecule has 1 aromatic rings. The summed E-state index contributed by atoms with van der Waals surface area (Å²) in [4.78, 5) is 13.8. The van der Waals surface area contributed by atoms with E-state index in [1.54, 1.807) is 6.92 Å². The third kappa shape index (κ3) is 2.26. The second-order valence-electron chi connectivity index (χ2n) is 2.85. The summed E-state index contributed by atoms with van der Waals surface area (Å²) in [5.74, 6) is -1.60. The van der Waals surface area contributed by atoms with Crippen LogP contribution in [0.4, 0.5) is 13.2 Å². The minimum Gasteiger partial charge on any atom is -0.478 e. The van der Waals surface area contributed by atoms with E-state index in [4.69, 9.17) is 5.11 Å². The second kappa shape index (κ2) is 3.88. The molecular weight excluding hydrogens is 211 g/mol. The molecule has 0 aliphatic rings. The molecule has 0 aliphatic carbocycles. The fourth-order valence-corrected chi connectivity index (χ4v) is 1.25. The molecule has 1 aromatic heterocycles. The van der Waals surface area contributed by atoms with Gasteiger partial charge >= 0.3 is 12.1 Å². The number of hydrogen-bond donors (Lipinski definition) is 1. The van der Waals surface area contributed by atoms with Crippen molar-refractivity contribution in [1.82, 2.24) is 4.98 Å². The van der Waals surface area contributed by atoms with E-state index in [9.17, 15) is 18.0 Å². The number of carboxylic acid groups (broad SMARTS) is 1. The summed E-state index contributed by atoms with van der Waals surface area (Å²) in [5.41, 5.74) is -1.97. The molecule has 0 atom stereocenters. The van der Waals surface area contributed by atoms with E-state index in [-0.39, 0.29) is 12.0 Å². The maximum absolute atomic E-state index is 12.4. The number of hydrogen-bond acceptors (Lipinski definition) is 2. The van der Waals surface area contributed by atoms with E-state index in [0.29, 0.717) is 0 Å². The molecule has 0 unspecified atom stereocenters. The summed E-state index contributed by atoms with van der Waals surface area (Å²) in [5, 5.41) is 8.70. The topological polar surface area (TPSA) is 50.2 Å². The fourth-order valence-electron chi connectivity index (χ4n) is 1.25. The molecule has 0 radical (unpaired) electrons. The second-order valence-corrected chi connectivity index (χ2v) is 2.85. The van der Waals surface area contributed by atoms with Crippen molar-refractivity contribution in [3.63, 3.8) is 0 Å². The van der Waals surface area contributed by atoms with Gasteiger partial charge in [0.05, 0.1) is 5.56 Å². The Morgan fingerprint density at radius 3 is 2.53 bits per heavy atom. The summed E-state index contributed by atoms with van der Waals surface area (Å²) in [7, 11) is 0. The first-order chi connectivity index (χ1) is 6.88. The van der Waals surface area contributed by atoms with Crippen LogP contribution in [0, 0.1) is 0 Å². The van der Waals surface area contributed by atoms with Gasteiger partial charge in [-0.05, 0) is 18.1 Å². The molecule has 6 heteroatoms. The van der Waals surface area contributed by atoms with E-state index < -0.39 is 23.4 Å². The molecule has 0 bridgehead atoms. The maximum atomic E-state index is 12.4. The van der Waals surface area contributed by atoms with Crippen LogP contribution >= 0.6 is 0 Å². The zero-order valence-corrected chi connectivity index (χ0v) is 7.80. The van der Waals surface area contributed by atoms with Crippen LogP contribution in [-0.2, 0) is 12.6 Å². The highest BCUT2D eigenvalue weighted by atomic mass is 19.4. The van der Waals surface area contributed by atoms with Crippen molar-refractivity contribution in [1.29, 1.82) is 0 Å². The lowest BCUT2D eigenvalue weighted by Crippen LogP contribution is -2.17. The van der Waals surface area contributed by atoms with E-state index >= 15 is 0 Å². The Morgan fingerprint density at radius 1 is 1.53 bits per heavy atom. The van der Waals surface area contributed by atoms with Crippen LogP contribution in [0.3, 0.4) is 0 Å². The molecule has 1 N–H and O–H groups in total. The molecular formula is C9H8F3NO2. The summed E-state index contributed by atoms with van der Waals surface area (Å²) in [6.07, 6.45) is -3.56. The van der Waals surface area contributed by atoms with Crippen LogP contribution in [0.5, 0.6) is 0 Å². The van der Waals surface area contributed by atoms with Crippen molar-refractivity contribution in [2.75, 3.05) is 0 Å². The zero-order chi connectivity index (χ0) is 11.6. The van der Waals surface area contributed by atoms with Gasteiger partial charge in [0.2, 0.25) is 0 Å². The number of pyridine rings is 1. The predicted octanol–water partition coefficient (Wildman–Crippen LogP) is 2.36. The van der Waals surface area contributed by atoms with Crippen molar-refractivity contribution in [3.8, 4) is 0 Å². The van der Waals surface area contributed by atoms with Gasteiger partial charge in [0.1, 0.15) is 0 Å².